The number of benzene rings is 3. The Balaban J connectivity index is 2.06. The average Bonchev–Trinajstić information content (AvgIpc) is 2.91. The van der Waals surface area contributed by atoms with Crippen molar-refractivity contribution in [2.45, 2.75) is 59.2 Å². The highest BCUT2D eigenvalue weighted by Crippen LogP contribution is 2.23. The number of halogens is 1. The van der Waals surface area contributed by atoms with E-state index in [0.29, 0.717) is 5.69 Å². The lowest BCUT2D eigenvalue weighted by atomic mass is 10.0. The Morgan fingerprint density at radius 3 is 2.15 bits per heavy atom. The van der Waals surface area contributed by atoms with E-state index in [1.165, 1.54) is 4.90 Å². The van der Waals surface area contributed by atoms with Gasteiger partial charge < -0.3 is 10.2 Å². The smallest absolute Gasteiger partial charge is 0.244 e. The molecule has 0 aliphatic rings. The van der Waals surface area contributed by atoms with Crippen LogP contribution in [0.2, 0.25) is 0 Å². The molecule has 214 valence electrons. The number of amides is 2. The number of rotatable bonds is 12. The topological polar surface area (TPSA) is 86.8 Å². The molecule has 0 saturated heterocycles. The van der Waals surface area contributed by atoms with E-state index in [-0.39, 0.29) is 24.9 Å². The van der Waals surface area contributed by atoms with Crippen LogP contribution in [0.3, 0.4) is 0 Å². The summed E-state index contributed by atoms with van der Waals surface area (Å²) in [6.45, 7) is 7.45. The third-order valence-corrected chi connectivity index (χ3v) is 8.67. The zero-order chi connectivity index (χ0) is 29.4. The average molecular weight is 629 g/mol. The van der Waals surface area contributed by atoms with E-state index in [0.717, 1.165) is 43.7 Å². The fraction of sp³-hybridized carbons (Fsp3) is 0.355. The Kier molecular flexibility index (Phi) is 10.9. The minimum atomic E-state index is -3.80. The van der Waals surface area contributed by atoms with Crippen molar-refractivity contribution < 1.29 is 18.0 Å². The Bertz CT molecular complexity index is 1410. The largest absolute Gasteiger partial charge is 0.352 e. The molecule has 7 nitrogen and oxygen atoms in total. The van der Waals surface area contributed by atoms with Crippen LogP contribution in [0.4, 0.5) is 5.69 Å². The van der Waals surface area contributed by atoms with E-state index < -0.39 is 28.5 Å². The number of carbonyl (C=O) groups is 2. The van der Waals surface area contributed by atoms with Gasteiger partial charge in [0.25, 0.3) is 0 Å². The second-order valence-electron chi connectivity index (χ2n) is 10.2. The monoisotopic (exact) mass is 627 g/mol. The molecular weight excluding hydrogens is 590 g/mol. The minimum absolute atomic E-state index is 0.0848. The van der Waals surface area contributed by atoms with E-state index in [1.807, 2.05) is 88.4 Å². The van der Waals surface area contributed by atoms with Crippen molar-refractivity contribution in [2.24, 2.45) is 0 Å². The van der Waals surface area contributed by atoms with Crippen LogP contribution in [0, 0.1) is 13.8 Å². The Morgan fingerprint density at radius 1 is 0.925 bits per heavy atom. The first-order valence-corrected chi connectivity index (χ1v) is 16.0. The van der Waals surface area contributed by atoms with E-state index in [2.05, 4.69) is 21.2 Å². The van der Waals surface area contributed by atoms with Crippen LogP contribution in [0.5, 0.6) is 0 Å². The summed E-state index contributed by atoms with van der Waals surface area (Å²) in [5.74, 6) is -0.743. The second kappa shape index (κ2) is 13.9. The van der Waals surface area contributed by atoms with Gasteiger partial charge in [-0.25, -0.2) is 8.42 Å². The van der Waals surface area contributed by atoms with Crippen molar-refractivity contribution in [2.75, 3.05) is 17.1 Å². The molecule has 2 atom stereocenters. The summed E-state index contributed by atoms with van der Waals surface area (Å²) in [4.78, 5) is 29.3. The molecule has 0 bridgehead atoms. The van der Waals surface area contributed by atoms with Gasteiger partial charge in [-0.15, -0.1) is 0 Å². The highest BCUT2D eigenvalue weighted by molar-refractivity contribution is 9.10. The van der Waals surface area contributed by atoms with Crippen molar-refractivity contribution in [1.82, 2.24) is 10.2 Å². The van der Waals surface area contributed by atoms with Crippen LogP contribution >= 0.6 is 15.9 Å². The Hall–Kier alpha value is -3.17. The fourth-order valence-electron chi connectivity index (χ4n) is 4.28. The maximum Gasteiger partial charge on any atom is 0.244 e. The van der Waals surface area contributed by atoms with Gasteiger partial charge >= 0.3 is 0 Å². The molecule has 0 aliphatic carbocycles. The molecule has 3 rings (SSSR count). The van der Waals surface area contributed by atoms with Crippen molar-refractivity contribution in [3.8, 4) is 0 Å². The number of aryl methyl sites for hydroxylation is 2. The van der Waals surface area contributed by atoms with E-state index in [4.69, 9.17) is 0 Å². The summed E-state index contributed by atoms with van der Waals surface area (Å²) in [6.07, 6.45) is 2.11. The maximum absolute atomic E-state index is 14.1. The van der Waals surface area contributed by atoms with Gasteiger partial charge in [0.2, 0.25) is 21.8 Å². The summed E-state index contributed by atoms with van der Waals surface area (Å²) < 4.78 is 27.9. The molecule has 1 N–H and O–H groups in total. The van der Waals surface area contributed by atoms with Gasteiger partial charge in [-0.2, -0.15) is 0 Å². The molecule has 40 heavy (non-hydrogen) atoms. The standard InChI is InChI=1S/C31H38BrN3O4S/c1-6-24(4)33-31(37)29(19-25-10-8-7-9-11-25)34(20-26-13-15-27(32)16-14-26)30(36)21-35(40(5,38)39)28-17-12-22(2)23(3)18-28/h7-18,24,29H,6,19-21H2,1-5H3,(H,33,37)/t24-,29-/m1/s1. The molecule has 0 heterocycles. The predicted molar refractivity (Wildman–Crippen MR) is 165 cm³/mol. The Labute approximate surface area is 246 Å². The fourth-order valence-corrected chi connectivity index (χ4v) is 5.38. The number of hydrogen-bond acceptors (Lipinski definition) is 4. The first kappa shape index (κ1) is 31.4. The van der Waals surface area contributed by atoms with Crippen LogP contribution in [0.15, 0.2) is 77.3 Å². The first-order chi connectivity index (χ1) is 18.9. The highest BCUT2D eigenvalue weighted by Gasteiger charge is 2.33. The molecule has 0 saturated carbocycles. The van der Waals surface area contributed by atoms with Gasteiger partial charge in [0, 0.05) is 23.5 Å². The molecule has 9 heteroatoms. The van der Waals surface area contributed by atoms with Gasteiger partial charge in [-0.1, -0.05) is 71.4 Å². The second-order valence-corrected chi connectivity index (χ2v) is 13.0. The third-order valence-electron chi connectivity index (χ3n) is 7.00. The van der Waals surface area contributed by atoms with Gasteiger partial charge in [0.05, 0.1) is 11.9 Å². The van der Waals surface area contributed by atoms with Gasteiger partial charge in [0.15, 0.2) is 0 Å². The number of sulfonamides is 1. The number of anilines is 1. The molecule has 2 amide bonds. The van der Waals surface area contributed by atoms with Gasteiger partial charge in [0.1, 0.15) is 12.6 Å². The lowest BCUT2D eigenvalue weighted by molar-refractivity contribution is -0.140. The zero-order valence-electron chi connectivity index (χ0n) is 23.7. The molecule has 0 spiro atoms. The molecule has 0 fully saturated rings. The van der Waals surface area contributed by atoms with Gasteiger partial charge in [-0.3, -0.25) is 13.9 Å². The Morgan fingerprint density at radius 2 is 1.57 bits per heavy atom. The summed E-state index contributed by atoms with van der Waals surface area (Å²) in [5.41, 5.74) is 4.06. The minimum Gasteiger partial charge on any atom is -0.352 e. The predicted octanol–water partition coefficient (Wildman–Crippen LogP) is 5.39. The molecule has 3 aromatic carbocycles. The van der Waals surface area contributed by atoms with Crippen molar-refractivity contribution in [1.29, 1.82) is 0 Å². The molecule has 0 aromatic heterocycles. The number of nitrogens with one attached hydrogen (secondary N) is 1. The van der Waals surface area contributed by atoms with Crippen molar-refractivity contribution >= 4 is 43.5 Å². The SMILES string of the molecule is CC[C@@H](C)NC(=O)[C@@H](Cc1ccccc1)N(Cc1ccc(Br)cc1)C(=O)CN(c1ccc(C)c(C)c1)S(C)(=O)=O. The van der Waals surface area contributed by atoms with Crippen molar-refractivity contribution in [3.63, 3.8) is 0 Å². The normalized spacial score (nSPS) is 12.8. The maximum atomic E-state index is 14.1. The zero-order valence-corrected chi connectivity index (χ0v) is 26.1. The summed E-state index contributed by atoms with van der Waals surface area (Å²) in [5, 5.41) is 3.04. The van der Waals surface area contributed by atoms with E-state index >= 15 is 0 Å². The molecule has 3 aromatic rings. The van der Waals surface area contributed by atoms with Crippen LogP contribution in [0.1, 0.15) is 42.5 Å². The van der Waals surface area contributed by atoms with Gasteiger partial charge in [-0.05, 0) is 73.7 Å². The first-order valence-electron chi connectivity index (χ1n) is 13.3. The number of nitrogens with zero attached hydrogens (tertiary/aromatic N) is 2. The highest BCUT2D eigenvalue weighted by atomic mass is 79.9. The lowest BCUT2D eigenvalue weighted by Gasteiger charge is -2.34. The van der Waals surface area contributed by atoms with E-state index in [9.17, 15) is 18.0 Å². The van der Waals surface area contributed by atoms with Crippen LogP contribution in [-0.4, -0.2) is 50.0 Å². The van der Waals surface area contributed by atoms with Crippen molar-refractivity contribution in [3.05, 3.63) is 99.5 Å². The lowest BCUT2D eigenvalue weighted by Crippen LogP contribution is -2.54. The number of carbonyl (C=O) groups excluding carboxylic acids is 2. The quantitative estimate of drug-likeness (QED) is 0.292. The molecule has 0 unspecified atom stereocenters. The van der Waals surface area contributed by atoms with E-state index in [1.54, 1.807) is 12.1 Å². The van der Waals surface area contributed by atoms with Crippen LogP contribution < -0.4 is 9.62 Å². The number of hydrogen-bond donors (Lipinski definition) is 1. The van der Waals surface area contributed by atoms with Crippen LogP contribution in [0.25, 0.3) is 0 Å². The molecule has 0 aliphatic heterocycles. The molecule has 0 radical (unpaired) electrons. The summed E-state index contributed by atoms with van der Waals surface area (Å²) in [6, 6.07) is 21.4. The van der Waals surface area contributed by atoms with Crippen LogP contribution in [-0.2, 0) is 32.6 Å². The summed E-state index contributed by atoms with van der Waals surface area (Å²) >= 11 is 3.45. The molecular formula is C31H38BrN3O4S. The summed E-state index contributed by atoms with van der Waals surface area (Å²) in [7, 11) is -3.80. The third kappa shape index (κ3) is 8.66.